The monoisotopic (exact) mass is 510 g/mol. The number of esters is 1. The number of cyclic esters (lactones) is 1. The van der Waals surface area contributed by atoms with E-state index >= 15 is 0 Å². The Morgan fingerprint density at radius 3 is 2.85 bits per heavy atom. The molecule has 9 nitrogen and oxygen atoms in total. The Morgan fingerprint density at radius 2 is 2.03 bits per heavy atom. The Kier molecular flexibility index (Phi) is 4.73. The zero-order valence-corrected chi connectivity index (χ0v) is 19.1. The highest BCUT2D eigenvalue weighted by atomic mass is 79.9. The van der Waals surface area contributed by atoms with Crippen molar-refractivity contribution in [3.63, 3.8) is 0 Å². The molecule has 33 heavy (non-hydrogen) atoms. The number of piperazine rings is 1. The van der Waals surface area contributed by atoms with Gasteiger partial charge in [-0.3, -0.25) is 4.79 Å². The third-order valence-corrected chi connectivity index (χ3v) is 7.03. The molecule has 3 aliphatic rings. The topological polar surface area (TPSA) is 103 Å². The fourth-order valence-corrected chi connectivity index (χ4v) is 5.10. The number of nitrogens with zero attached hydrogens (tertiary/aromatic N) is 3. The number of carbonyl (C=O) groups excluding carboxylic acids is 2. The highest BCUT2D eigenvalue weighted by Crippen LogP contribution is 2.37. The minimum absolute atomic E-state index is 0.147. The summed E-state index contributed by atoms with van der Waals surface area (Å²) in [4.78, 5) is 45.0. The van der Waals surface area contributed by atoms with Crippen molar-refractivity contribution in [3.8, 4) is 11.4 Å². The average molecular weight is 511 g/mol. The van der Waals surface area contributed by atoms with Crippen LogP contribution in [0.5, 0.6) is 0 Å². The minimum atomic E-state index is -1.28. The number of benzene rings is 1. The van der Waals surface area contributed by atoms with Crippen LogP contribution in [0.1, 0.15) is 22.8 Å². The van der Waals surface area contributed by atoms with Crippen LogP contribution in [0.15, 0.2) is 39.6 Å². The Labute approximate surface area is 196 Å². The molecule has 0 saturated carbocycles. The third-order valence-electron chi connectivity index (χ3n) is 6.34. The van der Waals surface area contributed by atoms with Crippen molar-refractivity contribution < 1.29 is 19.1 Å². The van der Waals surface area contributed by atoms with Gasteiger partial charge in [-0.15, -0.1) is 0 Å². The lowest BCUT2D eigenvalue weighted by Crippen LogP contribution is -2.47. The van der Waals surface area contributed by atoms with Crippen LogP contribution < -0.4 is 10.9 Å². The van der Waals surface area contributed by atoms with Crippen LogP contribution in [0.4, 0.5) is 4.79 Å². The zero-order valence-electron chi connectivity index (χ0n) is 17.5. The molecule has 1 atom stereocenters. The van der Waals surface area contributed by atoms with E-state index < -0.39 is 18.2 Å². The molecular weight excluding hydrogens is 492 g/mol. The van der Waals surface area contributed by atoms with Gasteiger partial charge in [0.2, 0.25) is 6.10 Å². The number of amides is 1. The van der Waals surface area contributed by atoms with Crippen molar-refractivity contribution in [2.45, 2.75) is 19.3 Å². The van der Waals surface area contributed by atoms with Gasteiger partial charge in [0.15, 0.2) is 0 Å². The predicted octanol–water partition coefficient (Wildman–Crippen LogP) is 2.33. The van der Waals surface area contributed by atoms with Crippen molar-refractivity contribution in [3.05, 3.63) is 61.8 Å². The Bertz CT molecular complexity index is 1400. The molecule has 0 bridgehead atoms. The Morgan fingerprint density at radius 1 is 1.21 bits per heavy atom. The number of nitrogens with one attached hydrogen (secondary N) is 1. The number of carbonyl (C=O) groups is 2. The summed E-state index contributed by atoms with van der Waals surface area (Å²) in [6, 6.07) is 9.53. The molecule has 6 rings (SSSR count). The number of hydrogen-bond acceptors (Lipinski definition) is 7. The van der Waals surface area contributed by atoms with Gasteiger partial charge >= 0.3 is 12.1 Å². The van der Waals surface area contributed by atoms with E-state index in [9.17, 15) is 14.4 Å². The van der Waals surface area contributed by atoms with Crippen LogP contribution in [0.3, 0.4) is 0 Å². The van der Waals surface area contributed by atoms with Crippen molar-refractivity contribution in [2.24, 2.45) is 0 Å². The van der Waals surface area contributed by atoms with Gasteiger partial charge in [0.25, 0.3) is 5.56 Å². The van der Waals surface area contributed by atoms with E-state index in [0.29, 0.717) is 55.2 Å². The summed E-state index contributed by atoms with van der Waals surface area (Å²) in [5, 5.41) is 4.13. The molecule has 3 aliphatic heterocycles. The fraction of sp³-hybridized carbons (Fsp3) is 0.304. The van der Waals surface area contributed by atoms with Crippen LogP contribution in [0.25, 0.3) is 22.3 Å². The first kappa shape index (κ1) is 20.4. The number of pyridine rings is 2. The summed E-state index contributed by atoms with van der Waals surface area (Å²) in [5.41, 5.74) is 3.43. The predicted molar refractivity (Wildman–Crippen MR) is 122 cm³/mol. The maximum atomic E-state index is 13.3. The molecule has 3 aromatic rings. The maximum absolute atomic E-state index is 13.3. The van der Waals surface area contributed by atoms with Crippen LogP contribution in [0.2, 0.25) is 0 Å². The normalized spacial score (nSPS) is 19.0. The SMILES string of the molecule is O=C1OCc2c(cc3n(c2=O)Cc2cc4c(Br)cccc4nc2-3)C1OC(=O)N1CCNCC1. The number of rotatable bonds is 1. The third kappa shape index (κ3) is 3.24. The Balaban J connectivity index is 1.44. The fourth-order valence-electron chi connectivity index (χ4n) is 4.63. The summed E-state index contributed by atoms with van der Waals surface area (Å²) >= 11 is 3.56. The van der Waals surface area contributed by atoms with Crippen molar-refractivity contribution in [1.29, 1.82) is 0 Å². The molecule has 1 saturated heterocycles. The molecule has 0 radical (unpaired) electrons. The van der Waals surface area contributed by atoms with Crippen molar-refractivity contribution in [1.82, 2.24) is 19.8 Å². The van der Waals surface area contributed by atoms with E-state index in [1.807, 2.05) is 24.3 Å². The first-order valence-corrected chi connectivity index (χ1v) is 11.5. The largest absolute Gasteiger partial charge is 0.458 e. The summed E-state index contributed by atoms with van der Waals surface area (Å²) in [7, 11) is 0. The molecule has 0 spiro atoms. The molecule has 1 fully saturated rings. The molecule has 168 valence electrons. The van der Waals surface area contributed by atoms with E-state index in [1.54, 1.807) is 15.5 Å². The number of halogens is 1. The molecule has 1 unspecified atom stereocenters. The minimum Gasteiger partial charge on any atom is -0.458 e. The molecule has 1 N–H and O–H groups in total. The van der Waals surface area contributed by atoms with Gasteiger partial charge in [-0.25, -0.2) is 14.6 Å². The zero-order chi connectivity index (χ0) is 22.7. The highest BCUT2D eigenvalue weighted by molar-refractivity contribution is 9.10. The first-order chi connectivity index (χ1) is 16.0. The summed E-state index contributed by atoms with van der Waals surface area (Å²) in [6.07, 6.45) is -1.88. The molecule has 1 amide bonds. The Hall–Kier alpha value is -3.24. The van der Waals surface area contributed by atoms with E-state index in [2.05, 4.69) is 21.2 Å². The number of ether oxygens (including phenoxy) is 2. The van der Waals surface area contributed by atoms with E-state index in [4.69, 9.17) is 14.5 Å². The summed E-state index contributed by atoms with van der Waals surface area (Å²) in [5.74, 6) is -0.677. The maximum Gasteiger partial charge on any atom is 0.411 e. The number of fused-ring (bicyclic) bond motifs is 5. The molecule has 5 heterocycles. The summed E-state index contributed by atoms with van der Waals surface area (Å²) < 4.78 is 13.4. The molecular formula is C23H19BrN4O5. The average Bonchev–Trinajstić information content (AvgIpc) is 3.19. The van der Waals surface area contributed by atoms with Gasteiger partial charge in [-0.1, -0.05) is 22.0 Å². The smallest absolute Gasteiger partial charge is 0.411 e. The van der Waals surface area contributed by atoms with Gasteiger partial charge in [0.05, 0.1) is 29.0 Å². The quantitative estimate of drug-likeness (QED) is 0.392. The van der Waals surface area contributed by atoms with E-state index in [-0.39, 0.29) is 12.2 Å². The van der Waals surface area contributed by atoms with Gasteiger partial charge in [0, 0.05) is 47.2 Å². The van der Waals surface area contributed by atoms with Crippen LogP contribution >= 0.6 is 15.9 Å². The lowest BCUT2D eigenvalue weighted by Gasteiger charge is -2.30. The number of hydrogen-bond donors (Lipinski definition) is 1. The lowest BCUT2D eigenvalue weighted by molar-refractivity contribution is -0.158. The standard InChI is InChI=1S/C23H19BrN4O5/c24-16-2-1-3-17-14(16)8-12-10-28-18(19(12)26-17)9-13-15(21(28)29)11-32-22(30)20(13)33-23(31)27-6-4-25-5-7-27/h1-3,8-9,20,25H,4-7,10-11H2. The van der Waals surface area contributed by atoms with E-state index in [0.717, 1.165) is 20.9 Å². The molecule has 10 heteroatoms. The van der Waals surface area contributed by atoms with Crippen LogP contribution in [-0.2, 0) is 27.4 Å². The van der Waals surface area contributed by atoms with Crippen molar-refractivity contribution >= 4 is 38.9 Å². The first-order valence-electron chi connectivity index (χ1n) is 10.7. The van der Waals surface area contributed by atoms with Crippen molar-refractivity contribution in [2.75, 3.05) is 26.2 Å². The number of aromatic nitrogens is 2. The van der Waals surface area contributed by atoms with Gasteiger partial charge in [0.1, 0.15) is 6.61 Å². The second-order valence-corrected chi connectivity index (χ2v) is 9.12. The van der Waals surface area contributed by atoms with Crippen LogP contribution in [-0.4, -0.2) is 52.7 Å². The second kappa shape index (κ2) is 7.67. The molecule has 1 aromatic carbocycles. The second-order valence-electron chi connectivity index (χ2n) is 8.27. The van der Waals surface area contributed by atoms with Gasteiger partial charge < -0.3 is 24.3 Å². The summed E-state index contributed by atoms with van der Waals surface area (Å²) in [6.45, 7) is 2.51. The highest BCUT2D eigenvalue weighted by Gasteiger charge is 2.38. The molecule has 0 aliphatic carbocycles. The van der Waals surface area contributed by atoms with Crippen LogP contribution in [0, 0.1) is 0 Å². The molecule has 2 aromatic heterocycles. The van der Waals surface area contributed by atoms with Gasteiger partial charge in [-0.05, 0) is 24.3 Å². The van der Waals surface area contributed by atoms with Gasteiger partial charge in [-0.2, -0.15) is 0 Å². The lowest BCUT2D eigenvalue weighted by atomic mass is 10.00. The van der Waals surface area contributed by atoms with E-state index in [1.165, 1.54) is 0 Å².